The van der Waals surface area contributed by atoms with Crippen LogP contribution in [0.15, 0.2) is 0 Å². The Morgan fingerprint density at radius 1 is 1.27 bits per heavy atom. The first kappa shape index (κ1) is 9.00. The van der Waals surface area contributed by atoms with Crippen LogP contribution in [0.3, 0.4) is 0 Å². The smallest absolute Gasteiger partial charge is 0.0655 e. The summed E-state index contributed by atoms with van der Waals surface area (Å²) in [6.45, 7) is 2.43. The molecule has 1 spiro atoms. The lowest BCUT2D eigenvalue weighted by atomic mass is 9.64. The van der Waals surface area contributed by atoms with E-state index in [2.05, 4.69) is 18.9 Å². The molecule has 0 aromatic carbocycles. The third-order valence-electron chi connectivity index (χ3n) is 6.03. The van der Waals surface area contributed by atoms with E-state index in [9.17, 15) is 0 Å². The van der Waals surface area contributed by atoms with E-state index < -0.39 is 0 Å². The minimum absolute atomic E-state index is 0.580. The summed E-state index contributed by atoms with van der Waals surface area (Å²) in [4.78, 5) is 2.67. The van der Waals surface area contributed by atoms with Crippen molar-refractivity contribution in [2.45, 2.75) is 63.3 Å². The van der Waals surface area contributed by atoms with Crippen molar-refractivity contribution in [3.8, 4) is 0 Å². The Morgan fingerprint density at radius 2 is 2.13 bits per heavy atom. The van der Waals surface area contributed by atoms with Crippen LogP contribution in [0.4, 0.5) is 0 Å². The molecular formula is C13H21NO. The van der Waals surface area contributed by atoms with Gasteiger partial charge in [0.25, 0.3) is 0 Å². The van der Waals surface area contributed by atoms with Gasteiger partial charge in [-0.1, -0.05) is 6.42 Å². The van der Waals surface area contributed by atoms with Crippen molar-refractivity contribution < 1.29 is 4.74 Å². The van der Waals surface area contributed by atoms with Crippen LogP contribution < -0.4 is 0 Å². The summed E-state index contributed by atoms with van der Waals surface area (Å²) in [5.74, 6) is 0.855. The summed E-state index contributed by atoms with van der Waals surface area (Å²) in [6, 6.07) is 1.60. The van der Waals surface area contributed by atoms with E-state index in [0.29, 0.717) is 17.6 Å². The maximum Gasteiger partial charge on any atom is 0.0655 e. The average molecular weight is 207 g/mol. The summed E-state index contributed by atoms with van der Waals surface area (Å²) in [5, 5.41) is 0. The van der Waals surface area contributed by atoms with Crippen molar-refractivity contribution in [1.29, 1.82) is 0 Å². The van der Waals surface area contributed by atoms with Gasteiger partial charge in [0.1, 0.15) is 0 Å². The number of hydrogen-bond acceptors (Lipinski definition) is 2. The van der Waals surface area contributed by atoms with Gasteiger partial charge in [-0.3, -0.25) is 4.90 Å². The second kappa shape index (κ2) is 2.60. The highest BCUT2D eigenvalue weighted by Gasteiger charge is 2.70. The molecule has 2 nitrogen and oxygen atoms in total. The molecule has 15 heavy (non-hydrogen) atoms. The van der Waals surface area contributed by atoms with E-state index >= 15 is 0 Å². The van der Waals surface area contributed by atoms with Crippen molar-refractivity contribution in [3.05, 3.63) is 0 Å². The molecule has 3 aliphatic heterocycles. The van der Waals surface area contributed by atoms with Crippen molar-refractivity contribution in [3.63, 3.8) is 0 Å². The van der Waals surface area contributed by atoms with Gasteiger partial charge in [0.05, 0.1) is 12.2 Å². The molecule has 84 valence electrons. The molecule has 3 heterocycles. The Hall–Kier alpha value is -0.0800. The maximum absolute atomic E-state index is 6.24. The van der Waals surface area contributed by atoms with Crippen molar-refractivity contribution in [1.82, 2.24) is 4.90 Å². The molecule has 0 N–H and O–H groups in total. The molecule has 0 amide bonds. The number of likely N-dealkylation sites (tertiary alicyclic amines) is 1. The first-order valence-corrected chi connectivity index (χ1v) is 6.62. The Bertz CT molecular complexity index is 305. The van der Waals surface area contributed by atoms with Crippen LogP contribution in [0, 0.1) is 11.3 Å². The molecule has 6 atom stereocenters. The zero-order valence-electron chi connectivity index (χ0n) is 9.78. The molecule has 4 fully saturated rings. The van der Waals surface area contributed by atoms with Gasteiger partial charge in [0, 0.05) is 23.4 Å². The van der Waals surface area contributed by atoms with Gasteiger partial charge in [-0.15, -0.1) is 0 Å². The van der Waals surface area contributed by atoms with Crippen LogP contribution in [0.1, 0.15) is 39.0 Å². The molecule has 4 aliphatic rings. The zero-order chi connectivity index (χ0) is 10.2. The fourth-order valence-electron chi connectivity index (χ4n) is 5.56. The lowest BCUT2D eigenvalue weighted by Gasteiger charge is -2.36. The second-order valence-electron chi connectivity index (χ2n) is 6.19. The highest BCUT2D eigenvalue weighted by atomic mass is 16.5. The molecule has 0 aromatic heterocycles. The predicted molar refractivity (Wildman–Crippen MR) is 58.7 cm³/mol. The first-order chi connectivity index (χ1) is 7.25. The highest BCUT2D eigenvalue weighted by molar-refractivity contribution is 5.20. The molecular weight excluding hydrogens is 186 g/mol. The van der Waals surface area contributed by atoms with Gasteiger partial charge in [-0.05, 0) is 39.7 Å². The molecule has 1 saturated carbocycles. The molecule has 6 unspecified atom stereocenters. The average Bonchev–Trinajstić information content (AvgIpc) is 2.91. The van der Waals surface area contributed by atoms with Crippen molar-refractivity contribution in [2.24, 2.45) is 11.3 Å². The van der Waals surface area contributed by atoms with Crippen LogP contribution in [0.2, 0.25) is 0 Å². The van der Waals surface area contributed by atoms with E-state index in [4.69, 9.17) is 4.74 Å². The second-order valence-corrected chi connectivity index (χ2v) is 6.19. The SMILES string of the molecule is CC1C2C3CCC(O3)C23CCCC3N1C. The third kappa shape index (κ3) is 0.794. The molecule has 2 bridgehead atoms. The Morgan fingerprint density at radius 3 is 3.00 bits per heavy atom. The maximum atomic E-state index is 6.24. The number of ether oxygens (including phenoxy) is 1. The standard InChI is InChI=1S/C13H21NO/c1-8-12-9-5-6-11(15-9)13(12)7-3-4-10(13)14(8)2/h8-12H,3-7H2,1-2H3. The van der Waals surface area contributed by atoms with Crippen LogP contribution in [0.5, 0.6) is 0 Å². The van der Waals surface area contributed by atoms with E-state index in [1.807, 2.05) is 0 Å². The summed E-state index contributed by atoms with van der Waals surface area (Å²) in [5.41, 5.74) is 0.580. The fourth-order valence-corrected chi connectivity index (χ4v) is 5.56. The van der Waals surface area contributed by atoms with Gasteiger partial charge in [0.15, 0.2) is 0 Å². The fraction of sp³-hybridized carbons (Fsp3) is 1.00. The van der Waals surface area contributed by atoms with Gasteiger partial charge >= 0.3 is 0 Å². The van der Waals surface area contributed by atoms with Gasteiger partial charge < -0.3 is 4.74 Å². The normalized spacial score (nSPS) is 62.4. The Kier molecular flexibility index (Phi) is 1.56. The number of rotatable bonds is 0. The highest BCUT2D eigenvalue weighted by Crippen LogP contribution is 2.66. The van der Waals surface area contributed by atoms with Crippen molar-refractivity contribution in [2.75, 3.05) is 7.05 Å². The number of hydrogen-bond donors (Lipinski definition) is 0. The van der Waals surface area contributed by atoms with Gasteiger partial charge in [0.2, 0.25) is 0 Å². The molecule has 1 aliphatic carbocycles. The summed E-state index contributed by atoms with van der Waals surface area (Å²) < 4.78 is 6.24. The minimum atomic E-state index is 0.580. The molecule has 2 heteroatoms. The van der Waals surface area contributed by atoms with Crippen LogP contribution in [0.25, 0.3) is 0 Å². The number of fused-ring (bicyclic) bond motifs is 3. The van der Waals surface area contributed by atoms with E-state index in [0.717, 1.165) is 18.0 Å². The summed E-state index contributed by atoms with van der Waals surface area (Å²) in [6.07, 6.45) is 8.20. The van der Waals surface area contributed by atoms with Gasteiger partial charge in [-0.25, -0.2) is 0 Å². The van der Waals surface area contributed by atoms with E-state index in [-0.39, 0.29) is 0 Å². The van der Waals surface area contributed by atoms with Gasteiger partial charge in [-0.2, -0.15) is 0 Å². The Balaban J connectivity index is 1.84. The lowest BCUT2D eigenvalue weighted by molar-refractivity contribution is 0.0317. The summed E-state index contributed by atoms with van der Waals surface area (Å²) in [7, 11) is 2.35. The van der Waals surface area contributed by atoms with E-state index in [1.54, 1.807) is 0 Å². The van der Waals surface area contributed by atoms with Crippen LogP contribution >= 0.6 is 0 Å². The van der Waals surface area contributed by atoms with Crippen LogP contribution in [-0.4, -0.2) is 36.2 Å². The molecule has 4 rings (SSSR count). The summed E-state index contributed by atoms with van der Waals surface area (Å²) >= 11 is 0. The number of nitrogens with zero attached hydrogens (tertiary/aromatic N) is 1. The molecule has 0 radical (unpaired) electrons. The first-order valence-electron chi connectivity index (χ1n) is 6.62. The quantitative estimate of drug-likeness (QED) is 0.602. The van der Waals surface area contributed by atoms with Crippen LogP contribution in [-0.2, 0) is 4.74 Å². The predicted octanol–water partition coefficient (Wildman–Crippen LogP) is 2.04. The van der Waals surface area contributed by atoms with Crippen molar-refractivity contribution >= 4 is 0 Å². The monoisotopic (exact) mass is 207 g/mol. The lowest BCUT2D eigenvalue weighted by Crippen LogP contribution is -2.43. The third-order valence-corrected chi connectivity index (χ3v) is 6.03. The minimum Gasteiger partial charge on any atom is -0.374 e. The topological polar surface area (TPSA) is 12.5 Å². The Labute approximate surface area is 92.0 Å². The van der Waals surface area contributed by atoms with E-state index in [1.165, 1.54) is 32.1 Å². The molecule has 0 aromatic rings. The largest absolute Gasteiger partial charge is 0.374 e. The molecule has 3 saturated heterocycles. The zero-order valence-corrected chi connectivity index (χ0v) is 9.78.